The number of benzene rings is 11. The minimum atomic E-state index is -0.144. The van der Waals surface area contributed by atoms with Gasteiger partial charge in [-0.1, -0.05) is 166 Å². The van der Waals surface area contributed by atoms with E-state index in [1.807, 2.05) is 11.3 Å². The molecule has 0 fully saturated rings. The van der Waals surface area contributed by atoms with Gasteiger partial charge in [0.25, 0.3) is 0 Å². The number of hydrogen-bond acceptors (Lipinski definition) is 2. The molecule has 0 saturated heterocycles. The first-order valence-electron chi connectivity index (χ1n) is 26.1. The Labute approximate surface area is 431 Å². The molecule has 16 rings (SSSR count). The molecule has 0 aliphatic heterocycles. The highest BCUT2D eigenvalue weighted by molar-refractivity contribution is 7.26. The van der Waals surface area contributed by atoms with E-state index < -0.39 is 0 Å². The zero-order valence-electron chi connectivity index (χ0n) is 41.0. The lowest BCUT2D eigenvalue weighted by Crippen LogP contribution is -2.23. The minimum absolute atomic E-state index is 0.144. The lowest BCUT2D eigenvalue weighted by atomic mass is 9.73. The lowest BCUT2D eigenvalue weighted by Gasteiger charge is -2.30. The summed E-state index contributed by atoms with van der Waals surface area (Å²) in [7, 11) is 0. The number of fused-ring (bicyclic) bond motifs is 19. The minimum Gasteiger partial charge on any atom is -0.309 e. The van der Waals surface area contributed by atoms with Crippen molar-refractivity contribution in [1.29, 1.82) is 0 Å². The summed E-state index contributed by atoms with van der Waals surface area (Å²) in [4.78, 5) is 5.27. The number of hydrogen-bond donors (Lipinski definition) is 0. The molecule has 4 heterocycles. The Kier molecular flexibility index (Phi) is 8.80. The Morgan fingerprint density at radius 2 is 1.03 bits per heavy atom. The van der Waals surface area contributed by atoms with Gasteiger partial charge in [-0.25, -0.2) is 0 Å². The standard InChI is InChI=1S/C70H47N3S/c1-3-70(4-2)59-34-35-62-67(66(59)58-39-56-50-24-10-8-22-48(50)49-23-9-11-25-51(49)57(56)40-60(58)70)54-33-32-42(44-38-64-68(71-41-44)55-27-12-14-30-61(55)72(64)45-19-6-5-7-20-45)37-63(54)73(62)46-21-16-18-43(36-46)47-28-17-29-53-52-26-13-15-31-65(52)74-69(47)53/h5-41H,3-4H2,1-2H3. The van der Waals surface area contributed by atoms with Gasteiger partial charge in [-0.05, 0) is 151 Å². The van der Waals surface area contributed by atoms with Crippen molar-refractivity contribution in [3.8, 4) is 44.8 Å². The van der Waals surface area contributed by atoms with E-state index in [1.54, 1.807) is 0 Å². The van der Waals surface area contributed by atoms with Crippen LogP contribution in [0.4, 0.5) is 0 Å². The van der Waals surface area contributed by atoms with Crippen LogP contribution in [0, 0.1) is 0 Å². The summed E-state index contributed by atoms with van der Waals surface area (Å²) in [6.07, 6.45) is 4.10. The van der Waals surface area contributed by atoms with E-state index in [2.05, 4.69) is 248 Å². The Bertz CT molecular complexity index is 4870. The predicted octanol–water partition coefficient (Wildman–Crippen LogP) is 19.5. The Hall–Kier alpha value is -8.83. The third kappa shape index (κ3) is 5.63. The second-order valence-electron chi connectivity index (χ2n) is 20.4. The maximum atomic E-state index is 5.27. The molecule has 3 nitrogen and oxygen atoms in total. The van der Waals surface area contributed by atoms with Gasteiger partial charge in [-0.2, -0.15) is 0 Å². The Balaban J connectivity index is 0.991. The van der Waals surface area contributed by atoms with Crippen molar-refractivity contribution in [2.45, 2.75) is 32.1 Å². The molecule has 0 amide bonds. The zero-order chi connectivity index (χ0) is 48.8. The summed E-state index contributed by atoms with van der Waals surface area (Å²) in [5, 5.41) is 14.2. The monoisotopic (exact) mass is 961 g/mol. The molecule has 4 aromatic heterocycles. The summed E-state index contributed by atoms with van der Waals surface area (Å²) in [5.74, 6) is 0. The van der Waals surface area contributed by atoms with E-state index in [4.69, 9.17) is 4.98 Å². The molecule has 11 aromatic carbocycles. The first kappa shape index (κ1) is 41.8. The van der Waals surface area contributed by atoms with E-state index in [0.29, 0.717) is 0 Å². The van der Waals surface area contributed by atoms with Gasteiger partial charge in [0.15, 0.2) is 0 Å². The first-order valence-corrected chi connectivity index (χ1v) is 26.9. The fraction of sp³-hybridized carbons (Fsp3) is 0.0714. The molecule has 0 radical (unpaired) electrons. The lowest BCUT2D eigenvalue weighted by molar-refractivity contribution is 0.491. The van der Waals surface area contributed by atoms with Gasteiger partial charge in [0.05, 0.1) is 27.6 Å². The molecule has 74 heavy (non-hydrogen) atoms. The van der Waals surface area contributed by atoms with E-state index in [-0.39, 0.29) is 5.41 Å². The Morgan fingerprint density at radius 3 is 1.81 bits per heavy atom. The van der Waals surface area contributed by atoms with Crippen molar-refractivity contribution in [2.24, 2.45) is 0 Å². The number of para-hydroxylation sites is 2. The highest BCUT2D eigenvalue weighted by atomic mass is 32.1. The summed E-state index contributed by atoms with van der Waals surface area (Å²) < 4.78 is 7.56. The molecular formula is C70H47N3S. The highest BCUT2D eigenvalue weighted by Gasteiger charge is 2.42. The van der Waals surface area contributed by atoms with E-state index in [1.165, 1.54) is 108 Å². The summed E-state index contributed by atoms with van der Waals surface area (Å²) in [5.41, 5.74) is 18.1. The molecule has 0 bridgehead atoms. The van der Waals surface area contributed by atoms with Crippen molar-refractivity contribution in [3.63, 3.8) is 0 Å². The second kappa shape index (κ2) is 15.6. The third-order valence-corrected chi connectivity index (χ3v) is 18.2. The van der Waals surface area contributed by atoms with Crippen molar-refractivity contribution in [1.82, 2.24) is 14.1 Å². The van der Waals surface area contributed by atoms with Crippen LogP contribution >= 0.6 is 11.3 Å². The van der Waals surface area contributed by atoms with E-state index >= 15 is 0 Å². The zero-order valence-corrected chi connectivity index (χ0v) is 41.8. The van der Waals surface area contributed by atoms with Crippen molar-refractivity contribution in [3.05, 3.63) is 236 Å². The predicted molar refractivity (Wildman–Crippen MR) is 316 cm³/mol. The summed E-state index contributed by atoms with van der Waals surface area (Å²) in [6.45, 7) is 4.80. The molecule has 4 heteroatoms. The summed E-state index contributed by atoms with van der Waals surface area (Å²) >= 11 is 1.89. The van der Waals surface area contributed by atoms with Crippen LogP contribution in [0.25, 0.3) is 141 Å². The second-order valence-corrected chi connectivity index (χ2v) is 21.4. The van der Waals surface area contributed by atoms with Gasteiger partial charge in [-0.15, -0.1) is 11.3 Å². The van der Waals surface area contributed by atoms with Crippen molar-refractivity contribution >= 4 is 108 Å². The number of aromatic nitrogens is 3. The van der Waals surface area contributed by atoms with Crippen LogP contribution in [0.15, 0.2) is 225 Å². The Morgan fingerprint density at radius 1 is 0.392 bits per heavy atom. The largest absolute Gasteiger partial charge is 0.309 e. The van der Waals surface area contributed by atoms with Crippen molar-refractivity contribution in [2.75, 3.05) is 0 Å². The van der Waals surface area contributed by atoms with Crippen molar-refractivity contribution < 1.29 is 0 Å². The van der Waals surface area contributed by atoms with E-state index in [0.717, 1.165) is 57.3 Å². The number of rotatable bonds is 6. The van der Waals surface area contributed by atoms with Gasteiger partial charge in [0, 0.05) is 64.9 Å². The first-order chi connectivity index (χ1) is 36.6. The smallest absolute Gasteiger partial charge is 0.0963 e. The SMILES string of the molecule is CCC1(CC)c2cc3c4ccccc4c4ccccc4c3cc2-c2c1ccc1c2c2ccc(-c3cnc4c5ccccc5n(-c5ccccc5)c4c3)cc2n1-c1cccc(-c2cccc3c2sc2ccccc23)c1. The van der Waals surface area contributed by atoms with Gasteiger partial charge in [0.2, 0.25) is 0 Å². The molecule has 0 atom stereocenters. The van der Waals surface area contributed by atoms with Gasteiger partial charge in [-0.3, -0.25) is 4.98 Å². The van der Waals surface area contributed by atoms with Crippen LogP contribution in [0.2, 0.25) is 0 Å². The molecule has 0 unspecified atom stereocenters. The molecule has 15 aromatic rings. The molecule has 0 spiro atoms. The van der Waals surface area contributed by atoms with Crippen LogP contribution in [-0.4, -0.2) is 14.1 Å². The normalized spacial score (nSPS) is 13.2. The average molecular weight is 962 g/mol. The number of nitrogens with zero attached hydrogens (tertiary/aromatic N) is 3. The average Bonchev–Trinajstić information content (AvgIpc) is 4.19. The number of pyridine rings is 1. The molecule has 1 aliphatic carbocycles. The van der Waals surface area contributed by atoms with E-state index in [9.17, 15) is 0 Å². The molecule has 0 N–H and O–H groups in total. The highest BCUT2D eigenvalue weighted by Crippen LogP contribution is 2.58. The molecule has 1 aliphatic rings. The van der Waals surface area contributed by atoms with Crippen LogP contribution in [0.1, 0.15) is 37.8 Å². The topological polar surface area (TPSA) is 22.8 Å². The fourth-order valence-corrected chi connectivity index (χ4v) is 14.8. The van der Waals surface area contributed by atoms with Crippen LogP contribution < -0.4 is 0 Å². The summed E-state index contributed by atoms with van der Waals surface area (Å²) in [6, 6.07) is 81.9. The van der Waals surface area contributed by atoms with Crippen LogP contribution in [0.5, 0.6) is 0 Å². The maximum Gasteiger partial charge on any atom is 0.0963 e. The number of thiophene rings is 1. The van der Waals surface area contributed by atoms with Crippen LogP contribution in [0.3, 0.4) is 0 Å². The quantitative estimate of drug-likeness (QED) is 0.152. The molecule has 0 saturated carbocycles. The van der Waals surface area contributed by atoms with Gasteiger partial charge < -0.3 is 9.13 Å². The fourth-order valence-electron chi connectivity index (χ4n) is 13.6. The molecule has 348 valence electrons. The maximum absolute atomic E-state index is 5.27. The van der Waals surface area contributed by atoms with Crippen LogP contribution in [-0.2, 0) is 5.41 Å². The molecular weight excluding hydrogens is 915 g/mol. The van der Waals surface area contributed by atoms with Gasteiger partial charge >= 0.3 is 0 Å². The third-order valence-electron chi connectivity index (χ3n) is 17.0. The van der Waals surface area contributed by atoms with Gasteiger partial charge in [0.1, 0.15) is 0 Å².